The molecule has 0 saturated carbocycles. The number of carboxylic acid groups (broad SMARTS) is 1. The number of likely N-dealkylation sites (tertiary alicyclic amines) is 1. The van der Waals surface area contributed by atoms with E-state index in [1.54, 1.807) is 12.1 Å². The minimum absolute atomic E-state index is 0. The molecular weight excluding hydrogens is 273 g/mol. The van der Waals surface area contributed by atoms with Crippen LogP contribution in [0.5, 0.6) is 5.75 Å². The summed E-state index contributed by atoms with van der Waals surface area (Å²) in [6.45, 7) is 1.79. The molecule has 6 heteroatoms. The lowest BCUT2D eigenvalue weighted by molar-refractivity contribution is -0.142. The number of benzene rings is 1. The Morgan fingerprint density at radius 3 is 2.74 bits per heavy atom. The zero-order chi connectivity index (χ0) is 13.0. The number of ether oxygens (including phenoxy) is 1. The van der Waals surface area contributed by atoms with Crippen LogP contribution in [0.25, 0.3) is 0 Å². The van der Waals surface area contributed by atoms with Crippen molar-refractivity contribution >= 4 is 18.4 Å². The van der Waals surface area contributed by atoms with Gasteiger partial charge >= 0.3 is 5.97 Å². The molecule has 1 aromatic rings. The number of carboxylic acids is 1. The highest BCUT2D eigenvalue weighted by molar-refractivity contribution is 5.85. The van der Waals surface area contributed by atoms with Gasteiger partial charge in [-0.25, -0.2) is 4.39 Å². The van der Waals surface area contributed by atoms with E-state index in [9.17, 15) is 9.18 Å². The first-order valence-electron chi connectivity index (χ1n) is 6.02. The third-order valence-electron chi connectivity index (χ3n) is 3.11. The molecule has 19 heavy (non-hydrogen) atoms. The van der Waals surface area contributed by atoms with E-state index in [0.717, 1.165) is 13.0 Å². The summed E-state index contributed by atoms with van der Waals surface area (Å²) in [5.41, 5.74) is 0. The second-order valence-corrected chi connectivity index (χ2v) is 4.33. The topological polar surface area (TPSA) is 49.8 Å². The van der Waals surface area contributed by atoms with Gasteiger partial charge in [-0.3, -0.25) is 9.69 Å². The van der Waals surface area contributed by atoms with Crippen LogP contribution >= 0.6 is 12.4 Å². The van der Waals surface area contributed by atoms with Gasteiger partial charge in [-0.1, -0.05) is 0 Å². The van der Waals surface area contributed by atoms with Crippen molar-refractivity contribution < 1.29 is 19.0 Å². The summed E-state index contributed by atoms with van der Waals surface area (Å²) < 4.78 is 18.1. The molecule has 0 amide bonds. The number of rotatable bonds is 5. The standard InChI is InChI=1S/C13H16FNO3.ClH/c14-10-3-5-11(6-4-10)18-9-8-15-7-1-2-12(15)13(16)17;/h3-6,12H,1-2,7-9H2,(H,16,17);1H. The number of hydrogen-bond acceptors (Lipinski definition) is 3. The minimum atomic E-state index is -0.769. The zero-order valence-electron chi connectivity index (χ0n) is 10.4. The fourth-order valence-corrected chi connectivity index (χ4v) is 2.19. The Labute approximate surface area is 117 Å². The lowest BCUT2D eigenvalue weighted by Gasteiger charge is -2.20. The smallest absolute Gasteiger partial charge is 0.320 e. The van der Waals surface area contributed by atoms with Gasteiger partial charge in [0.15, 0.2) is 0 Å². The molecule has 1 atom stereocenters. The molecule has 0 radical (unpaired) electrons. The normalized spacial score (nSPS) is 18.9. The largest absolute Gasteiger partial charge is 0.492 e. The van der Waals surface area contributed by atoms with Crippen molar-refractivity contribution in [3.63, 3.8) is 0 Å². The van der Waals surface area contributed by atoms with Crippen molar-refractivity contribution in [3.05, 3.63) is 30.1 Å². The Morgan fingerprint density at radius 2 is 2.11 bits per heavy atom. The molecule has 2 rings (SSSR count). The average molecular weight is 290 g/mol. The van der Waals surface area contributed by atoms with Crippen molar-refractivity contribution in [2.75, 3.05) is 19.7 Å². The van der Waals surface area contributed by atoms with Gasteiger partial charge in [0.1, 0.15) is 24.2 Å². The monoisotopic (exact) mass is 289 g/mol. The summed E-state index contributed by atoms with van der Waals surface area (Å²) in [5, 5.41) is 9.01. The van der Waals surface area contributed by atoms with E-state index < -0.39 is 5.97 Å². The summed E-state index contributed by atoms with van der Waals surface area (Å²) >= 11 is 0. The van der Waals surface area contributed by atoms with Gasteiger partial charge < -0.3 is 9.84 Å². The van der Waals surface area contributed by atoms with E-state index in [0.29, 0.717) is 25.3 Å². The summed E-state index contributed by atoms with van der Waals surface area (Å²) in [6.07, 6.45) is 1.61. The second kappa shape index (κ2) is 7.31. The average Bonchev–Trinajstić information content (AvgIpc) is 2.80. The fraction of sp³-hybridized carbons (Fsp3) is 0.462. The lowest BCUT2D eigenvalue weighted by atomic mass is 10.2. The number of aliphatic carboxylic acids is 1. The predicted octanol–water partition coefficient (Wildman–Crippen LogP) is 2.18. The molecule has 1 aliphatic heterocycles. The van der Waals surface area contributed by atoms with Crippen molar-refractivity contribution in [2.45, 2.75) is 18.9 Å². The maximum absolute atomic E-state index is 12.7. The molecule has 0 aliphatic carbocycles. The van der Waals surface area contributed by atoms with E-state index in [1.165, 1.54) is 12.1 Å². The summed E-state index contributed by atoms with van der Waals surface area (Å²) in [7, 11) is 0. The van der Waals surface area contributed by atoms with E-state index in [2.05, 4.69) is 0 Å². The van der Waals surface area contributed by atoms with Crippen molar-refractivity contribution in [1.29, 1.82) is 0 Å². The Kier molecular flexibility index (Phi) is 6.05. The van der Waals surface area contributed by atoms with Crippen LogP contribution in [0.3, 0.4) is 0 Å². The molecule has 1 saturated heterocycles. The first-order chi connectivity index (χ1) is 8.66. The molecule has 1 fully saturated rings. The van der Waals surface area contributed by atoms with Gasteiger partial charge in [-0.2, -0.15) is 0 Å². The highest BCUT2D eigenvalue weighted by Gasteiger charge is 2.29. The van der Waals surface area contributed by atoms with E-state index >= 15 is 0 Å². The van der Waals surface area contributed by atoms with Gasteiger partial charge in [0, 0.05) is 6.54 Å². The Morgan fingerprint density at radius 1 is 1.42 bits per heavy atom. The molecule has 106 valence electrons. The van der Waals surface area contributed by atoms with E-state index in [1.807, 2.05) is 4.90 Å². The van der Waals surface area contributed by atoms with Gasteiger partial charge in [0.25, 0.3) is 0 Å². The minimum Gasteiger partial charge on any atom is -0.492 e. The summed E-state index contributed by atoms with van der Waals surface area (Å²) in [4.78, 5) is 12.9. The van der Waals surface area contributed by atoms with Gasteiger partial charge in [-0.15, -0.1) is 12.4 Å². The van der Waals surface area contributed by atoms with E-state index in [4.69, 9.17) is 9.84 Å². The zero-order valence-corrected chi connectivity index (χ0v) is 11.2. The molecule has 1 unspecified atom stereocenters. The number of hydrogen-bond donors (Lipinski definition) is 1. The van der Waals surface area contributed by atoms with Gasteiger partial charge in [0.2, 0.25) is 0 Å². The maximum atomic E-state index is 12.7. The third kappa shape index (κ3) is 4.36. The van der Waals surface area contributed by atoms with Gasteiger partial charge in [-0.05, 0) is 43.7 Å². The van der Waals surface area contributed by atoms with Crippen LogP contribution in [0, 0.1) is 5.82 Å². The van der Waals surface area contributed by atoms with Crippen LogP contribution in [0.1, 0.15) is 12.8 Å². The highest BCUT2D eigenvalue weighted by atomic mass is 35.5. The predicted molar refractivity (Wildman–Crippen MR) is 71.4 cm³/mol. The van der Waals surface area contributed by atoms with Crippen molar-refractivity contribution in [3.8, 4) is 5.75 Å². The molecule has 1 N–H and O–H groups in total. The molecule has 1 heterocycles. The quantitative estimate of drug-likeness (QED) is 0.903. The number of carbonyl (C=O) groups is 1. The number of nitrogens with zero attached hydrogens (tertiary/aromatic N) is 1. The summed E-state index contributed by atoms with van der Waals surface area (Å²) in [5.74, 6) is -0.468. The van der Waals surface area contributed by atoms with Crippen molar-refractivity contribution in [2.24, 2.45) is 0 Å². The Hall–Kier alpha value is -1.33. The van der Waals surface area contributed by atoms with Crippen LogP contribution in [-0.2, 0) is 4.79 Å². The third-order valence-corrected chi connectivity index (χ3v) is 3.11. The lowest BCUT2D eigenvalue weighted by Crippen LogP contribution is -2.38. The molecule has 4 nitrogen and oxygen atoms in total. The molecule has 1 aromatic carbocycles. The molecule has 1 aliphatic rings. The van der Waals surface area contributed by atoms with Crippen LogP contribution in [0.15, 0.2) is 24.3 Å². The number of halogens is 2. The highest BCUT2D eigenvalue weighted by Crippen LogP contribution is 2.17. The second-order valence-electron chi connectivity index (χ2n) is 4.33. The molecular formula is C13H17ClFNO3. The molecule has 0 bridgehead atoms. The SMILES string of the molecule is Cl.O=C(O)C1CCCN1CCOc1ccc(F)cc1. The van der Waals surface area contributed by atoms with Crippen molar-refractivity contribution in [1.82, 2.24) is 4.90 Å². The van der Waals surface area contributed by atoms with Crippen LogP contribution in [0.2, 0.25) is 0 Å². The first-order valence-corrected chi connectivity index (χ1v) is 6.02. The Balaban J connectivity index is 0.00000180. The fourth-order valence-electron chi connectivity index (χ4n) is 2.19. The molecule has 0 spiro atoms. The first kappa shape index (κ1) is 15.7. The van der Waals surface area contributed by atoms with E-state index in [-0.39, 0.29) is 24.3 Å². The molecule has 0 aromatic heterocycles. The Bertz CT molecular complexity index is 413. The van der Waals surface area contributed by atoms with Gasteiger partial charge in [0.05, 0.1) is 0 Å². The maximum Gasteiger partial charge on any atom is 0.320 e. The van der Waals surface area contributed by atoms with Crippen LogP contribution < -0.4 is 4.74 Å². The van der Waals surface area contributed by atoms with Crippen LogP contribution in [-0.4, -0.2) is 41.7 Å². The summed E-state index contributed by atoms with van der Waals surface area (Å²) in [6, 6.07) is 5.42. The van der Waals surface area contributed by atoms with Crippen LogP contribution in [0.4, 0.5) is 4.39 Å².